The van der Waals surface area contributed by atoms with Gasteiger partial charge >= 0.3 is 0 Å². The number of hydrogen-bond donors (Lipinski definition) is 5. The first-order chi connectivity index (χ1) is 16.1. The number of amidine groups is 1. The van der Waals surface area contributed by atoms with E-state index in [4.69, 9.17) is 14.7 Å². The number of rotatable bonds is 9. The van der Waals surface area contributed by atoms with Crippen LogP contribution in [-0.4, -0.2) is 52.4 Å². The normalized spacial score (nSPS) is 14.1. The van der Waals surface area contributed by atoms with E-state index in [9.17, 15) is 0 Å². The number of hydrogen-bond acceptors (Lipinski definition) is 8. The number of anilines is 1. The lowest BCUT2D eigenvalue weighted by Gasteiger charge is -2.28. The molecule has 10 nitrogen and oxygen atoms in total. The highest BCUT2D eigenvalue weighted by Gasteiger charge is 2.14. The van der Waals surface area contributed by atoms with Crippen LogP contribution in [0.5, 0.6) is 0 Å². The third-order valence-corrected chi connectivity index (χ3v) is 4.99. The van der Waals surface area contributed by atoms with Gasteiger partial charge in [-0.2, -0.15) is 5.10 Å². The summed E-state index contributed by atoms with van der Waals surface area (Å²) in [6.45, 7) is 8.95. The fraction of sp³-hybridized carbons (Fsp3) is 0.261. The molecule has 3 heterocycles. The van der Waals surface area contributed by atoms with Crippen molar-refractivity contribution in [2.45, 2.75) is 13.5 Å². The molecule has 0 saturated carbocycles. The quantitative estimate of drug-likeness (QED) is 0.250. The van der Waals surface area contributed by atoms with E-state index in [0.717, 1.165) is 17.0 Å². The van der Waals surface area contributed by atoms with Gasteiger partial charge in [-0.15, -0.1) is 0 Å². The van der Waals surface area contributed by atoms with Gasteiger partial charge in [0.25, 0.3) is 0 Å². The van der Waals surface area contributed by atoms with Crippen molar-refractivity contribution < 1.29 is 9.26 Å². The molecule has 1 fully saturated rings. The SMILES string of the molecule is C=C(NCc1cc(-c2ccccc2)no1)NC(=CC(=N)N1CCOCC1)Nc1cc(C)[nH]n1. The first-order valence-electron chi connectivity index (χ1n) is 10.7. The fourth-order valence-electron chi connectivity index (χ4n) is 3.30. The van der Waals surface area contributed by atoms with E-state index >= 15 is 0 Å². The Kier molecular flexibility index (Phi) is 7.06. The molecule has 33 heavy (non-hydrogen) atoms. The zero-order chi connectivity index (χ0) is 23.0. The molecule has 0 spiro atoms. The van der Waals surface area contributed by atoms with Gasteiger partial charge in [-0.3, -0.25) is 10.5 Å². The fourth-order valence-corrected chi connectivity index (χ4v) is 3.30. The average Bonchev–Trinajstić information content (AvgIpc) is 3.48. The number of nitrogens with one attached hydrogen (secondary N) is 5. The molecular weight excluding hydrogens is 420 g/mol. The van der Waals surface area contributed by atoms with Crippen molar-refractivity contribution in [1.82, 2.24) is 30.9 Å². The molecule has 3 aromatic rings. The highest BCUT2D eigenvalue weighted by atomic mass is 16.5. The van der Waals surface area contributed by atoms with Gasteiger partial charge in [-0.05, 0) is 6.92 Å². The molecule has 0 atom stereocenters. The Balaban J connectivity index is 1.38. The van der Waals surface area contributed by atoms with Crippen LogP contribution in [0.15, 0.2) is 71.3 Å². The number of nitrogens with zero attached hydrogens (tertiary/aromatic N) is 3. The Hall–Kier alpha value is -4.05. The monoisotopic (exact) mass is 448 g/mol. The summed E-state index contributed by atoms with van der Waals surface area (Å²) >= 11 is 0. The summed E-state index contributed by atoms with van der Waals surface area (Å²) in [7, 11) is 0. The van der Waals surface area contributed by atoms with Crippen molar-refractivity contribution in [1.29, 1.82) is 5.41 Å². The van der Waals surface area contributed by atoms with E-state index in [0.29, 0.717) is 61.9 Å². The number of morpholine rings is 1. The molecule has 2 aromatic heterocycles. The largest absolute Gasteiger partial charge is 0.378 e. The summed E-state index contributed by atoms with van der Waals surface area (Å²) in [5.41, 5.74) is 2.70. The molecule has 10 heteroatoms. The van der Waals surface area contributed by atoms with Gasteiger partial charge < -0.3 is 30.1 Å². The molecule has 0 amide bonds. The molecule has 1 aliphatic heterocycles. The van der Waals surface area contributed by atoms with Gasteiger partial charge in [-0.1, -0.05) is 42.1 Å². The highest BCUT2D eigenvalue weighted by molar-refractivity contribution is 5.91. The van der Waals surface area contributed by atoms with E-state index in [2.05, 4.69) is 37.9 Å². The smallest absolute Gasteiger partial charge is 0.156 e. The number of ether oxygens (including phenoxy) is 1. The van der Waals surface area contributed by atoms with Gasteiger partial charge in [0, 0.05) is 42.6 Å². The summed E-state index contributed by atoms with van der Waals surface area (Å²) in [5, 5.41) is 29.3. The molecule has 0 unspecified atom stereocenters. The predicted octanol–water partition coefficient (Wildman–Crippen LogP) is 2.79. The van der Waals surface area contributed by atoms with Crippen molar-refractivity contribution in [3.05, 3.63) is 78.2 Å². The molecule has 0 bridgehead atoms. The lowest BCUT2D eigenvalue weighted by molar-refractivity contribution is 0.0681. The summed E-state index contributed by atoms with van der Waals surface area (Å²) in [6.07, 6.45) is 1.71. The number of aryl methyl sites for hydroxylation is 1. The zero-order valence-electron chi connectivity index (χ0n) is 18.5. The maximum atomic E-state index is 8.46. The van der Waals surface area contributed by atoms with Gasteiger partial charge in [-0.25, -0.2) is 0 Å². The topological polar surface area (TPSA) is 127 Å². The molecule has 1 saturated heterocycles. The molecule has 4 rings (SSSR count). The minimum Gasteiger partial charge on any atom is -0.378 e. The molecule has 1 aromatic carbocycles. The van der Waals surface area contributed by atoms with Crippen LogP contribution in [0, 0.1) is 12.3 Å². The summed E-state index contributed by atoms with van der Waals surface area (Å²) in [6, 6.07) is 13.6. The van der Waals surface area contributed by atoms with Crippen LogP contribution in [0.3, 0.4) is 0 Å². The van der Waals surface area contributed by atoms with Crippen LogP contribution in [0.25, 0.3) is 11.3 Å². The average molecular weight is 449 g/mol. The van der Waals surface area contributed by atoms with Gasteiger partial charge in [0.05, 0.1) is 25.6 Å². The van der Waals surface area contributed by atoms with Crippen LogP contribution in [0.1, 0.15) is 11.5 Å². The second-order valence-electron chi connectivity index (χ2n) is 7.61. The summed E-state index contributed by atoms with van der Waals surface area (Å²) in [4.78, 5) is 1.96. The number of aromatic nitrogens is 3. The van der Waals surface area contributed by atoms with Crippen LogP contribution in [0.4, 0.5) is 5.82 Å². The van der Waals surface area contributed by atoms with Crippen molar-refractivity contribution in [3.8, 4) is 11.3 Å². The van der Waals surface area contributed by atoms with Crippen molar-refractivity contribution in [3.63, 3.8) is 0 Å². The first kappa shape index (κ1) is 22.2. The number of H-pyrrole nitrogens is 1. The van der Waals surface area contributed by atoms with Crippen molar-refractivity contribution in [2.75, 3.05) is 31.6 Å². The van der Waals surface area contributed by atoms with E-state index in [1.165, 1.54) is 0 Å². The maximum Gasteiger partial charge on any atom is 0.156 e. The molecule has 1 aliphatic rings. The summed E-state index contributed by atoms with van der Waals surface area (Å²) < 4.78 is 10.8. The zero-order valence-corrected chi connectivity index (χ0v) is 18.5. The Bertz CT molecular complexity index is 1110. The third kappa shape index (κ3) is 6.23. The summed E-state index contributed by atoms with van der Waals surface area (Å²) in [5.74, 6) is 2.79. The maximum absolute atomic E-state index is 8.46. The molecular formula is C23H28N8O2. The van der Waals surface area contributed by atoms with Crippen LogP contribution in [-0.2, 0) is 11.3 Å². The Labute approximate surface area is 192 Å². The molecule has 5 N–H and O–H groups in total. The Morgan fingerprint density at radius 1 is 1.24 bits per heavy atom. The minimum atomic E-state index is 0.371. The number of aromatic amines is 1. The van der Waals surface area contributed by atoms with Crippen LogP contribution >= 0.6 is 0 Å². The molecule has 0 radical (unpaired) electrons. The van der Waals surface area contributed by atoms with E-state index < -0.39 is 0 Å². The van der Waals surface area contributed by atoms with Gasteiger partial charge in [0.2, 0.25) is 0 Å². The molecule has 0 aliphatic carbocycles. The predicted molar refractivity (Wildman–Crippen MR) is 126 cm³/mol. The second kappa shape index (κ2) is 10.5. The van der Waals surface area contributed by atoms with Crippen molar-refractivity contribution >= 4 is 11.7 Å². The lowest BCUT2D eigenvalue weighted by atomic mass is 10.1. The lowest BCUT2D eigenvalue weighted by Crippen LogP contribution is -2.40. The third-order valence-electron chi connectivity index (χ3n) is 4.99. The van der Waals surface area contributed by atoms with E-state index in [1.807, 2.05) is 54.3 Å². The standard InChI is InChI=1S/C23H28N8O2/c1-16-12-23(29-28-16)27-22(14-21(24)31-8-10-32-11-9-31)26-17(2)25-15-19-13-20(30-33-19)18-6-4-3-5-7-18/h3-7,12-14,24-26H,2,8-11,15H2,1H3,(H2,27,28,29). The van der Waals surface area contributed by atoms with E-state index in [1.54, 1.807) is 6.08 Å². The van der Waals surface area contributed by atoms with E-state index in [-0.39, 0.29) is 0 Å². The molecule has 172 valence electrons. The van der Waals surface area contributed by atoms with Gasteiger partial charge in [0.1, 0.15) is 17.4 Å². The highest BCUT2D eigenvalue weighted by Crippen LogP contribution is 2.18. The second-order valence-corrected chi connectivity index (χ2v) is 7.61. The van der Waals surface area contributed by atoms with Crippen LogP contribution in [0.2, 0.25) is 0 Å². The Morgan fingerprint density at radius 3 is 2.76 bits per heavy atom. The first-order valence-corrected chi connectivity index (χ1v) is 10.7. The minimum absolute atomic E-state index is 0.371. The number of benzene rings is 1. The Morgan fingerprint density at radius 2 is 2.03 bits per heavy atom. The van der Waals surface area contributed by atoms with Crippen LogP contribution < -0.4 is 16.0 Å². The van der Waals surface area contributed by atoms with Crippen molar-refractivity contribution in [2.24, 2.45) is 0 Å². The van der Waals surface area contributed by atoms with Gasteiger partial charge in [0.15, 0.2) is 11.6 Å².